The largest absolute Gasteiger partial charge is 0.382 e. The number of amides is 2. The molecule has 11 heteroatoms. The first kappa shape index (κ1) is 20.5. The topological polar surface area (TPSA) is 110 Å². The molecule has 0 unspecified atom stereocenters. The smallest absolute Gasteiger partial charge is 0.265 e. The second kappa shape index (κ2) is 8.52. The molecule has 152 valence electrons. The van der Waals surface area contributed by atoms with E-state index in [-0.39, 0.29) is 11.8 Å². The number of nitrogens with two attached hydrogens (primary N) is 1. The zero-order chi connectivity index (χ0) is 21.3. The van der Waals surface area contributed by atoms with Gasteiger partial charge in [0.2, 0.25) is 5.91 Å². The van der Waals surface area contributed by atoms with Crippen molar-refractivity contribution in [1.82, 2.24) is 9.97 Å². The highest BCUT2D eigenvalue weighted by molar-refractivity contribution is 7.23. The van der Waals surface area contributed by atoms with Crippen molar-refractivity contribution in [2.45, 2.75) is 6.92 Å². The van der Waals surface area contributed by atoms with Crippen LogP contribution in [0.2, 0.25) is 4.34 Å². The molecule has 0 aliphatic carbocycles. The van der Waals surface area contributed by atoms with E-state index in [9.17, 15) is 9.59 Å². The first-order valence-electron chi connectivity index (χ1n) is 8.56. The number of carbonyl (C=O) groups is 2. The minimum atomic E-state index is -0.217. The van der Waals surface area contributed by atoms with Gasteiger partial charge in [0.15, 0.2) is 5.13 Å². The van der Waals surface area contributed by atoms with E-state index >= 15 is 0 Å². The molecule has 4 rings (SSSR count). The van der Waals surface area contributed by atoms with Crippen molar-refractivity contribution in [3.63, 3.8) is 0 Å². The van der Waals surface area contributed by atoms with Crippen LogP contribution in [0.15, 0.2) is 41.8 Å². The molecule has 0 fully saturated rings. The lowest BCUT2D eigenvalue weighted by atomic mass is 10.1. The van der Waals surface area contributed by atoms with Gasteiger partial charge in [-0.2, -0.15) is 0 Å². The average Bonchev–Trinajstić information content (AvgIpc) is 3.41. The molecule has 30 heavy (non-hydrogen) atoms. The summed E-state index contributed by atoms with van der Waals surface area (Å²) < 4.78 is 0.563. The van der Waals surface area contributed by atoms with Gasteiger partial charge in [0.25, 0.3) is 5.91 Å². The molecule has 7 nitrogen and oxygen atoms in total. The average molecular weight is 476 g/mol. The fraction of sp³-hybridized carbons (Fsp3) is 0.0526. The van der Waals surface area contributed by atoms with Gasteiger partial charge >= 0.3 is 0 Å². The molecular weight excluding hydrogens is 462 g/mol. The molecular formula is C19H14ClN5O2S3. The third kappa shape index (κ3) is 4.51. The predicted octanol–water partition coefficient (Wildman–Crippen LogP) is 5.44. The standard InChI is InChI=1S/C19H14ClN5O2S3/c1-9(26)22-19-25-16(21)15(30-19)18-24-12(8-28-18)10-3-2-4-11(7-10)23-17(27)13-5-6-14(20)29-13/h2-8H,21H2,1H3,(H,23,27)(H,22,25,26). The Hall–Kier alpha value is -2.79. The maximum atomic E-state index is 12.4. The summed E-state index contributed by atoms with van der Waals surface area (Å²) >= 11 is 9.83. The van der Waals surface area contributed by atoms with Crippen LogP contribution in [-0.2, 0) is 4.79 Å². The number of nitrogens with zero attached hydrogens (tertiary/aromatic N) is 2. The second-order valence-electron chi connectivity index (χ2n) is 6.09. The van der Waals surface area contributed by atoms with Crippen LogP contribution in [0, 0.1) is 0 Å². The fourth-order valence-electron chi connectivity index (χ4n) is 2.59. The highest BCUT2D eigenvalue weighted by Gasteiger charge is 2.16. The summed E-state index contributed by atoms with van der Waals surface area (Å²) in [5, 5.41) is 8.56. The second-order valence-corrected chi connectivity index (χ2v) is 9.66. The van der Waals surface area contributed by atoms with Gasteiger partial charge in [0, 0.05) is 23.6 Å². The van der Waals surface area contributed by atoms with Crippen molar-refractivity contribution >= 4 is 74.1 Å². The summed E-state index contributed by atoms with van der Waals surface area (Å²) in [4.78, 5) is 33.6. The van der Waals surface area contributed by atoms with Gasteiger partial charge in [-0.1, -0.05) is 35.1 Å². The van der Waals surface area contributed by atoms with Crippen molar-refractivity contribution in [3.05, 3.63) is 51.0 Å². The molecule has 4 aromatic rings. The van der Waals surface area contributed by atoms with Crippen molar-refractivity contribution < 1.29 is 9.59 Å². The number of nitrogen functional groups attached to an aromatic ring is 1. The van der Waals surface area contributed by atoms with Gasteiger partial charge in [-0.25, -0.2) is 9.97 Å². The number of thiazole rings is 2. The molecule has 3 heterocycles. The first-order valence-corrected chi connectivity index (χ1v) is 11.4. The lowest BCUT2D eigenvalue weighted by Crippen LogP contribution is -2.09. The normalized spacial score (nSPS) is 10.7. The molecule has 1 aromatic carbocycles. The van der Waals surface area contributed by atoms with Crippen LogP contribution in [-0.4, -0.2) is 21.8 Å². The van der Waals surface area contributed by atoms with Gasteiger partial charge < -0.3 is 16.4 Å². The number of nitrogens with one attached hydrogen (secondary N) is 2. The van der Waals surface area contributed by atoms with Crippen LogP contribution < -0.4 is 16.4 Å². The fourth-order valence-corrected chi connectivity index (χ4v) is 5.38. The molecule has 0 bridgehead atoms. The summed E-state index contributed by atoms with van der Waals surface area (Å²) in [7, 11) is 0. The Morgan fingerprint density at radius 1 is 1.10 bits per heavy atom. The van der Waals surface area contributed by atoms with Crippen LogP contribution in [0.25, 0.3) is 21.1 Å². The van der Waals surface area contributed by atoms with E-state index in [0.717, 1.165) is 11.3 Å². The number of hydrogen-bond acceptors (Lipinski definition) is 8. The Morgan fingerprint density at radius 3 is 2.67 bits per heavy atom. The number of anilines is 3. The van der Waals surface area contributed by atoms with Crippen molar-refractivity contribution in [2.75, 3.05) is 16.4 Å². The summed E-state index contributed by atoms with van der Waals surface area (Å²) in [5.41, 5.74) is 8.25. The maximum absolute atomic E-state index is 12.4. The van der Waals surface area contributed by atoms with Gasteiger partial charge in [-0.05, 0) is 24.3 Å². The number of carbonyl (C=O) groups excluding carboxylic acids is 2. The minimum Gasteiger partial charge on any atom is -0.382 e. The lowest BCUT2D eigenvalue weighted by Gasteiger charge is -2.05. The maximum Gasteiger partial charge on any atom is 0.265 e. The first-order chi connectivity index (χ1) is 14.4. The Bertz CT molecular complexity index is 1250. The monoisotopic (exact) mass is 475 g/mol. The van der Waals surface area contributed by atoms with E-state index in [1.165, 1.54) is 40.9 Å². The molecule has 0 radical (unpaired) electrons. The SMILES string of the molecule is CC(=O)Nc1nc(N)c(-c2nc(-c3cccc(NC(=O)c4ccc(Cl)s4)c3)cs2)s1. The number of benzene rings is 1. The Morgan fingerprint density at radius 2 is 1.93 bits per heavy atom. The van der Waals surface area contributed by atoms with Crippen LogP contribution >= 0.6 is 45.6 Å². The Labute approximate surface area is 188 Å². The number of halogens is 1. The van der Waals surface area contributed by atoms with Crippen LogP contribution in [0.4, 0.5) is 16.6 Å². The lowest BCUT2D eigenvalue weighted by molar-refractivity contribution is -0.114. The van der Waals surface area contributed by atoms with E-state index in [2.05, 4.69) is 20.6 Å². The van der Waals surface area contributed by atoms with E-state index in [1.54, 1.807) is 12.1 Å². The summed E-state index contributed by atoms with van der Waals surface area (Å²) in [5.74, 6) is -0.106. The van der Waals surface area contributed by atoms with Gasteiger partial charge in [-0.15, -0.1) is 22.7 Å². The van der Waals surface area contributed by atoms with Crippen LogP contribution in [0.3, 0.4) is 0 Å². The van der Waals surface area contributed by atoms with E-state index in [1.807, 2.05) is 29.6 Å². The van der Waals surface area contributed by atoms with E-state index in [4.69, 9.17) is 17.3 Å². The number of aromatic nitrogens is 2. The van der Waals surface area contributed by atoms with E-state index in [0.29, 0.717) is 35.7 Å². The molecule has 3 aromatic heterocycles. The van der Waals surface area contributed by atoms with Crippen molar-refractivity contribution in [1.29, 1.82) is 0 Å². The number of rotatable bonds is 5. The van der Waals surface area contributed by atoms with Gasteiger partial charge in [0.05, 0.1) is 14.9 Å². The third-order valence-electron chi connectivity index (χ3n) is 3.85. The Kier molecular flexibility index (Phi) is 5.82. The Balaban J connectivity index is 1.55. The zero-order valence-electron chi connectivity index (χ0n) is 15.4. The van der Waals surface area contributed by atoms with Crippen molar-refractivity contribution in [3.8, 4) is 21.1 Å². The summed E-state index contributed by atoms with van der Waals surface area (Å²) in [6.45, 7) is 1.41. The molecule has 0 aliphatic rings. The van der Waals surface area contributed by atoms with Crippen LogP contribution in [0.1, 0.15) is 16.6 Å². The predicted molar refractivity (Wildman–Crippen MR) is 125 cm³/mol. The number of thiophene rings is 1. The van der Waals surface area contributed by atoms with Gasteiger partial charge in [-0.3, -0.25) is 9.59 Å². The highest BCUT2D eigenvalue weighted by atomic mass is 35.5. The molecule has 0 saturated heterocycles. The molecule has 2 amide bonds. The van der Waals surface area contributed by atoms with Crippen LogP contribution in [0.5, 0.6) is 0 Å². The van der Waals surface area contributed by atoms with Crippen molar-refractivity contribution in [2.24, 2.45) is 0 Å². The summed E-state index contributed by atoms with van der Waals surface area (Å²) in [6.07, 6.45) is 0. The number of hydrogen-bond donors (Lipinski definition) is 3. The van der Waals surface area contributed by atoms with E-state index < -0.39 is 0 Å². The van der Waals surface area contributed by atoms with Gasteiger partial charge in [0.1, 0.15) is 15.7 Å². The minimum absolute atomic E-state index is 0.209. The summed E-state index contributed by atoms with van der Waals surface area (Å²) in [6, 6.07) is 10.8. The molecule has 0 spiro atoms. The molecule has 4 N–H and O–H groups in total. The molecule has 0 aliphatic heterocycles. The molecule has 0 atom stereocenters. The highest BCUT2D eigenvalue weighted by Crippen LogP contribution is 2.38. The zero-order valence-corrected chi connectivity index (χ0v) is 18.6. The molecule has 0 saturated carbocycles. The third-order valence-corrected chi connectivity index (χ3v) is 7.06. The quantitative estimate of drug-likeness (QED) is 0.356.